The highest BCUT2D eigenvalue weighted by Gasteiger charge is 2.23. The number of amides is 2. The predicted octanol–water partition coefficient (Wildman–Crippen LogP) is 2.48. The Balaban J connectivity index is 1.72. The summed E-state index contributed by atoms with van der Waals surface area (Å²) < 4.78 is 5.37. The molecule has 1 saturated heterocycles. The number of anilines is 1. The predicted molar refractivity (Wildman–Crippen MR) is 84.7 cm³/mol. The lowest BCUT2D eigenvalue weighted by molar-refractivity contribution is 0.248. The second kappa shape index (κ2) is 6.19. The Morgan fingerprint density at radius 3 is 2.82 bits per heavy atom. The van der Waals surface area contributed by atoms with Crippen molar-refractivity contribution in [2.45, 2.75) is 19.4 Å². The smallest absolute Gasteiger partial charge is 0.319 e. The van der Waals surface area contributed by atoms with E-state index in [2.05, 4.69) is 27.7 Å². The molecule has 1 aliphatic rings. The van der Waals surface area contributed by atoms with Crippen LogP contribution < -0.4 is 10.6 Å². The van der Waals surface area contributed by atoms with Gasteiger partial charge in [-0.25, -0.2) is 4.79 Å². The Hall–Kier alpha value is -2.34. The molecule has 22 heavy (non-hydrogen) atoms. The Morgan fingerprint density at radius 1 is 1.36 bits per heavy atom. The number of aromatic nitrogens is 1. The maximum absolute atomic E-state index is 12.2. The number of likely N-dealkylation sites (N-methyl/N-ethyl adjacent to an activating group) is 1. The number of urea groups is 1. The van der Waals surface area contributed by atoms with Crippen molar-refractivity contribution in [3.05, 3.63) is 36.0 Å². The number of hydrogen-bond acceptors (Lipinski definition) is 4. The van der Waals surface area contributed by atoms with Gasteiger partial charge in [0.15, 0.2) is 5.76 Å². The maximum Gasteiger partial charge on any atom is 0.319 e. The molecule has 116 valence electrons. The van der Waals surface area contributed by atoms with Gasteiger partial charge in [0, 0.05) is 18.2 Å². The van der Waals surface area contributed by atoms with Crippen LogP contribution in [0.25, 0.3) is 11.3 Å². The number of benzene rings is 1. The minimum absolute atomic E-state index is 0.186. The van der Waals surface area contributed by atoms with Gasteiger partial charge < -0.3 is 20.1 Å². The van der Waals surface area contributed by atoms with Crippen molar-refractivity contribution in [2.75, 3.05) is 25.5 Å². The minimum atomic E-state index is -0.219. The second-order valence-electron chi connectivity index (χ2n) is 5.68. The molecule has 0 aliphatic carbocycles. The molecule has 6 heteroatoms. The highest BCUT2D eigenvalue weighted by molar-refractivity contribution is 5.94. The molecule has 0 unspecified atom stereocenters. The van der Waals surface area contributed by atoms with E-state index in [4.69, 9.17) is 4.52 Å². The standard InChI is InChI=1S/C16H20N4O2/c1-11-14(15(22-19-11)12-6-4-3-5-7-12)18-16(21)17-13-8-9-20(2)10-13/h3-7,13H,8-10H2,1-2H3,(H2,17,18,21)/t13-/m1/s1. The van der Waals surface area contributed by atoms with Gasteiger partial charge in [0.2, 0.25) is 0 Å². The van der Waals surface area contributed by atoms with Gasteiger partial charge in [0.25, 0.3) is 0 Å². The summed E-state index contributed by atoms with van der Waals surface area (Å²) in [6.45, 7) is 3.70. The lowest BCUT2D eigenvalue weighted by Gasteiger charge is -2.13. The third-order valence-corrected chi connectivity index (χ3v) is 3.86. The van der Waals surface area contributed by atoms with E-state index < -0.39 is 0 Å². The summed E-state index contributed by atoms with van der Waals surface area (Å²) in [6, 6.07) is 9.60. The number of carbonyl (C=O) groups excluding carboxylic acids is 1. The highest BCUT2D eigenvalue weighted by atomic mass is 16.5. The van der Waals surface area contributed by atoms with E-state index in [9.17, 15) is 4.79 Å². The maximum atomic E-state index is 12.2. The van der Waals surface area contributed by atoms with Gasteiger partial charge in [0.1, 0.15) is 11.4 Å². The van der Waals surface area contributed by atoms with Crippen molar-refractivity contribution in [3.8, 4) is 11.3 Å². The fourth-order valence-electron chi connectivity index (χ4n) is 2.69. The summed E-state index contributed by atoms with van der Waals surface area (Å²) >= 11 is 0. The van der Waals surface area contributed by atoms with Crippen molar-refractivity contribution < 1.29 is 9.32 Å². The molecule has 2 N–H and O–H groups in total. The molecule has 1 aliphatic heterocycles. The molecule has 1 fully saturated rings. The quantitative estimate of drug-likeness (QED) is 0.913. The average molecular weight is 300 g/mol. The monoisotopic (exact) mass is 300 g/mol. The van der Waals surface area contributed by atoms with E-state index >= 15 is 0 Å². The average Bonchev–Trinajstić information content (AvgIpc) is 3.07. The molecule has 0 bridgehead atoms. The zero-order valence-electron chi connectivity index (χ0n) is 12.8. The first-order valence-corrected chi connectivity index (χ1v) is 7.41. The van der Waals surface area contributed by atoms with Crippen LogP contribution in [0.2, 0.25) is 0 Å². The number of carbonyl (C=O) groups is 1. The molecule has 3 rings (SSSR count). The van der Waals surface area contributed by atoms with Crippen LogP contribution in [0.4, 0.5) is 10.5 Å². The minimum Gasteiger partial charge on any atom is -0.354 e. The van der Waals surface area contributed by atoms with Gasteiger partial charge >= 0.3 is 6.03 Å². The van der Waals surface area contributed by atoms with Crippen LogP contribution in [-0.4, -0.2) is 42.3 Å². The summed E-state index contributed by atoms with van der Waals surface area (Å²) in [5.41, 5.74) is 2.17. The third-order valence-electron chi connectivity index (χ3n) is 3.86. The molecule has 2 amide bonds. The first-order valence-electron chi connectivity index (χ1n) is 7.41. The van der Waals surface area contributed by atoms with Crippen molar-refractivity contribution in [1.82, 2.24) is 15.4 Å². The fraction of sp³-hybridized carbons (Fsp3) is 0.375. The van der Waals surface area contributed by atoms with Crippen LogP contribution in [0.5, 0.6) is 0 Å². The number of aryl methyl sites for hydroxylation is 1. The van der Waals surface area contributed by atoms with Crippen LogP contribution in [0, 0.1) is 6.92 Å². The lowest BCUT2D eigenvalue weighted by atomic mass is 10.1. The number of nitrogens with zero attached hydrogens (tertiary/aromatic N) is 2. The van der Waals surface area contributed by atoms with E-state index in [1.165, 1.54) is 0 Å². The molecule has 0 radical (unpaired) electrons. The Bertz CT molecular complexity index is 653. The topological polar surface area (TPSA) is 70.4 Å². The zero-order chi connectivity index (χ0) is 15.5. The zero-order valence-corrected chi connectivity index (χ0v) is 12.8. The molecule has 1 atom stereocenters. The SMILES string of the molecule is Cc1noc(-c2ccccc2)c1NC(=O)N[C@@H]1CCN(C)C1. The molecular formula is C16H20N4O2. The second-order valence-corrected chi connectivity index (χ2v) is 5.68. The number of nitrogens with one attached hydrogen (secondary N) is 2. The fourth-order valence-corrected chi connectivity index (χ4v) is 2.69. The Labute approximate surface area is 129 Å². The van der Waals surface area contributed by atoms with Crippen LogP contribution in [0.1, 0.15) is 12.1 Å². The Kier molecular flexibility index (Phi) is 4.11. The van der Waals surface area contributed by atoms with Crippen LogP contribution in [-0.2, 0) is 0 Å². The molecule has 6 nitrogen and oxygen atoms in total. The van der Waals surface area contributed by atoms with E-state index in [0.717, 1.165) is 25.1 Å². The normalized spacial score (nSPS) is 18.4. The first kappa shape index (κ1) is 14.6. The molecule has 2 heterocycles. The summed E-state index contributed by atoms with van der Waals surface area (Å²) in [5, 5.41) is 9.83. The van der Waals surface area contributed by atoms with Crippen LogP contribution in [0.15, 0.2) is 34.9 Å². The van der Waals surface area contributed by atoms with Crippen LogP contribution in [0.3, 0.4) is 0 Å². The molecule has 1 aromatic carbocycles. The Morgan fingerprint density at radius 2 is 2.14 bits per heavy atom. The first-order chi connectivity index (χ1) is 10.6. The number of likely N-dealkylation sites (tertiary alicyclic amines) is 1. The van der Waals surface area contributed by atoms with Crippen molar-refractivity contribution in [3.63, 3.8) is 0 Å². The largest absolute Gasteiger partial charge is 0.354 e. The molecule has 2 aromatic rings. The third kappa shape index (κ3) is 3.12. The van der Waals surface area contributed by atoms with Crippen molar-refractivity contribution >= 4 is 11.7 Å². The summed E-state index contributed by atoms with van der Waals surface area (Å²) in [5.74, 6) is 0.580. The van der Waals surface area contributed by atoms with Crippen LogP contribution >= 0.6 is 0 Å². The molecule has 1 aromatic heterocycles. The van der Waals surface area contributed by atoms with Gasteiger partial charge in [-0.2, -0.15) is 0 Å². The molecule has 0 saturated carbocycles. The van der Waals surface area contributed by atoms with Gasteiger partial charge in [-0.3, -0.25) is 0 Å². The summed E-state index contributed by atoms with van der Waals surface area (Å²) in [6.07, 6.45) is 0.970. The molecule has 0 spiro atoms. The summed E-state index contributed by atoms with van der Waals surface area (Å²) in [4.78, 5) is 14.4. The highest BCUT2D eigenvalue weighted by Crippen LogP contribution is 2.30. The van der Waals surface area contributed by atoms with Gasteiger partial charge in [-0.05, 0) is 26.9 Å². The van der Waals surface area contributed by atoms with E-state index in [1.807, 2.05) is 37.3 Å². The van der Waals surface area contributed by atoms with E-state index in [0.29, 0.717) is 17.1 Å². The number of rotatable bonds is 3. The lowest BCUT2D eigenvalue weighted by Crippen LogP contribution is -2.39. The van der Waals surface area contributed by atoms with Gasteiger partial charge in [-0.15, -0.1) is 0 Å². The van der Waals surface area contributed by atoms with E-state index in [-0.39, 0.29) is 12.1 Å². The van der Waals surface area contributed by atoms with Crippen molar-refractivity contribution in [1.29, 1.82) is 0 Å². The van der Waals surface area contributed by atoms with E-state index in [1.54, 1.807) is 0 Å². The van der Waals surface area contributed by atoms with Gasteiger partial charge in [-0.1, -0.05) is 35.5 Å². The summed E-state index contributed by atoms with van der Waals surface area (Å²) in [7, 11) is 2.05. The molecular weight excluding hydrogens is 280 g/mol. The van der Waals surface area contributed by atoms with Gasteiger partial charge in [0.05, 0.1) is 0 Å². The number of hydrogen-bond donors (Lipinski definition) is 2. The van der Waals surface area contributed by atoms with Crippen molar-refractivity contribution in [2.24, 2.45) is 0 Å².